The van der Waals surface area contributed by atoms with Crippen molar-refractivity contribution < 1.29 is 0 Å². The Labute approximate surface area is 110 Å². The molecule has 0 saturated carbocycles. The molecule has 0 spiro atoms. The van der Waals surface area contributed by atoms with Crippen molar-refractivity contribution in [2.24, 2.45) is 0 Å². The fourth-order valence-electron chi connectivity index (χ4n) is 1.54. The summed E-state index contributed by atoms with van der Waals surface area (Å²) >= 11 is 1.47. The summed E-state index contributed by atoms with van der Waals surface area (Å²) in [5, 5.41) is 13.2. The number of H-pyrrole nitrogens is 1. The minimum Gasteiger partial charge on any atom is -0.339 e. The molecule has 0 aliphatic carbocycles. The van der Waals surface area contributed by atoms with Crippen LogP contribution in [0.25, 0.3) is 0 Å². The van der Waals surface area contributed by atoms with Crippen molar-refractivity contribution in [3.8, 4) is 6.07 Å². The van der Waals surface area contributed by atoms with Crippen LogP contribution in [0.5, 0.6) is 0 Å². The Bertz CT molecular complexity index is 543. The van der Waals surface area contributed by atoms with Crippen molar-refractivity contribution in [1.82, 2.24) is 15.3 Å². The van der Waals surface area contributed by atoms with Crippen LogP contribution in [0.4, 0.5) is 0 Å². The molecule has 0 atom stereocenters. The van der Waals surface area contributed by atoms with Gasteiger partial charge in [-0.05, 0) is 24.2 Å². The molecule has 2 rings (SSSR count). The second-order valence-corrected chi connectivity index (χ2v) is 4.75. The Kier molecular flexibility index (Phi) is 4.40. The molecule has 0 aliphatic rings. The lowest BCUT2D eigenvalue weighted by molar-refractivity contribution is 0.726. The van der Waals surface area contributed by atoms with Crippen LogP contribution in [0.2, 0.25) is 0 Å². The summed E-state index contributed by atoms with van der Waals surface area (Å²) in [5.74, 6) is 0. The summed E-state index contributed by atoms with van der Waals surface area (Å²) < 4.78 is 0. The van der Waals surface area contributed by atoms with Crippen LogP contribution in [-0.4, -0.2) is 16.5 Å². The summed E-state index contributed by atoms with van der Waals surface area (Å²) in [4.78, 5) is 8.08. The van der Waals surface area contributed by atoms with Crippen molar-refractivity contribution in [1.29, 1.82) is 5.26 Å². The molecule has 0 bridgehead atoms. The lowest BCUT2D eigenvalue weighted by Crippen LogP contribution is -2.11. The minimum atomic E-state index is 0.687. The molecular formula is C13H14N4S. The van der Waals surface area contributed by atoms with E-state index in [4.69, 9.17) is 0 Å². The zero-order valence-corrected chi connectivity index (χ0v) is 10.9. The van der Waals surface area contributed by atoms with E-state index in [1.807, 2.05) is 18.2 Å². The zero-order chi connectivity index (χ0) is 12.8. The largest absolute Gasteiger partial charge is 0.339 e. The molecule has 4 nitrogen and oxygen atoms in total. The van der Waals surface area contributed by atoms with Gasteiger partial charge in [0.25, 0.3) is 0 Å². The Morgan fingerprint density at radius 3 is 3.06 bits per heavy atom. The van der Waals surface area contributed by atoms with E-state index < -0.39 is 0 Å². The Hall–Kier alpha value is -1.77. The third kappa shape index (κ3) is 3.13. The zero-order valence-electron chi connectivity index (χ0n) is 10.1. The molecule has 0 unspecified atom stereocenters. The predicted octanol–water partition coefficient (Wildman–Crippen LogP) is 2.54. The molecule has 0 saturated heterocycles. The average molecular weight is 258 g/mol. The highest BCUT2D eigenvalue weighted by atomic mass is 32.2. The average Bonchev–Trinajstić information content (AvgIpc) is 2.90. The second-order valence-electron chi connectivity index (χ2n) is 3.72. The van der Waals surface area contributed by atoms with E-state index in [0.717, 1.165) is 28.7 Å². The number of hydrogen-bond acceptors (Lipinski definition) is 4. The molecule has 1 aromatic carbocycles. The third-order valence-corrected chi connectivity index (χ3v) is 3.42. The quantitative estimate of drug-likeness (QED) is 0.865. The maximum atomic E-state index is 9.18. The number of aromatic amines is 1. The van der Waals surface area contributed by atoms with Gasteiger partial charge in [0, 0.05) is 23.8 Å². The molecule has 0 radical (unpaired) electrons. The summed E-state index contributed by atoms with van der Waals surface area (Å²) in [5.41, 5.74) is 1.81. The number of benzene rings is 1. The topological polar surface area (TPSA) is 64.5 Å². The van der Waals surface area contributed by atoms with E-state index in [9.17, 15) is 5.26 Å². The van der Waals surface area contributed by atoms with Crippen molar-refractivity contribution in [3.63, 3.8) is 0 Å². The maximum absolute atomic E-state index is 9.18. The minimum absolute atomic E-state index is 0.687. The van der Waals surface area contributed by atoms with E-state index in [1.165, 1.54) is 11.8 Å². The Morgan fingerprint density at radius 2 is 2.39 bits per heavy atom. The van der Waals surface area contributed by atoms with E-state index in [0.29, 0.717) is 5.56 Å². The molecular weight excluding hydrogens is 244 g/mol. The number of aromatic nitrogens is 2. The Morgan fingerprint density at radius 1 is 1.50 bits per heavy atom. The molecule has 2 aromatic rings. The first-order chi connectivity index (χ1) is 8.83. The number of nitriles is 1. The number of nitrogens with one attached hydrogen (secondary N) is 2. The second kappa shape index (κ2) is 6.24. The van der Waals surface area contributed by atoms with Gasteiger partial charge in [-0.15, -0.1) is 0 Å². The molecule has 5 heteroatoms. The first-order valence-corrected chi connectivity index (χ1v) is 6.56. The standard InChI is InChI=1S/C13H14N4S/c1-2-15-9-10-3-4-12(11(7-10)8-14)18-13-16-5-6-17-13/h3-7,15H,2,9H2,1H3,(H,16,17). The highest BCUT2D eigenvalue weighted by Gasteiger charge is 2.06. The van der Waals surface area contributed by atoms with Crippen molar-refractivity contribution >= 4 is 11.8 Å². The van der Waals surface area contributed by atoms with E-state index in [1.54, 1.807) is 12.4 Å². The number of imidazole rings is 1. The van der Waals surface area contributed by atoms with Crippen LogP contribution in [0, 0.1) is 11.3 Å². The Balaban J connectivity index is 2.18. The predicted molar refractivity (Wildman–Crippen MR) is 71.2 cm³/mol. The van der Waals surface area contributed by atoms with E-state index >= 15 is 0 Å². The van der Waals surface area contributed by atoms with Gasteiger partial charge in [-0.3, -0.25) is 0 Å². The molecule has 1 aromatic heterocycles. The number of rotatable bonds is 5. The van der Waals surface area contributed by atoms with Gasteiger partial charge in [-0.2, -0.15) is 5.26 Å². The van der Waals surface area contributed by atoms with Crippen LogP contribution in [-0.2, 0) is 6.54 Å². The normalized spacial score (nSPS) is 10.2. The van der Waals surface area contributed by atoms with Crippen LogP contribution in [0.3, 0.4) is 0 Å². The fraction of sp³-hybridized carbons (Fsp3) is 0.231. The number of nitrogens with zero attached hydrogens (tertiary/aromatic N) is 2. The lowest BCUT2D eigenvalue weighted by atomic mass is 10.1. The van der Waals surface area contributed by atoms with Crippen molar-refractivity contribution in [3.05, 3.63) is 41.7 Å². The highest BCUT2D eigenvalue weighted by molar-refractivity contribution is 7.99. The number of hydrogen-bond donors (Lipinski definition) is 2. The van der Waals surface area contributed by atoms with Gasteiger partial charge in [-0.1, -0.05) is 24.8 Å². The van der Waals surface area contributed by atoms with Gasteiger partial charge in [-0.25, -0.2) is 4.98 Å². The first-order valence-electron chi connectivity index (χ1n) is 5.74. The van der Waals surface area contributed by atoms with Gasteiger partial charge >= 0.3 is 0 Å². The van der Waals surface area contributed by atoms with Crippen LogP contribution in [0.15, 0.2) is 40.6 Å². The van der Waals surface area contributed by atoms with Crippen LogP contribution < -0.4 is 5.32 Å². The van der Waals surface area contributed by atoms with Gasteiger partial charge in [0.05, 0.1) is 5.56 Å². The van der Waals surface area contributed by atoms with Gasteiger partial charge in [0.15, 0.2) is 5.16 Å². The van der Waals surface area contributed by atoms with E-state index in [2.05, 4.69) is 28.3 Å². The third-order valence-electron chi connectivity index (χ3n) is 2.42. The smallest absolute Gasteiger partial charge is 0.170 e. The van der Waals surface area contributed by atoms with Gasteiger partial charge < -0.3 is 10.3 Å². The van der Waals surface area contributed by atoms with Crippen molar-refractivity contribution in [2.45, 2.75) is 23.5 Å². The summed E-state index contributed by atoms with van der Waals surface area (Å²) in [7, 11) is 0. The molecule has 2 N–H and O–H groups in total. The highest BCUT2D eigenvalue weighted by Crippen LogP contribution is 2.28. The molecule has 92 valence electrons. The fourth-order valence-corrected chi connectivity index (χ4v) is 2.34. The molecule has 0 fully saturated rings. The van der Waals surface area contributed by atoms with E-state index in [-0.39, 0.29) is 0 Å². The van der Waals surface area contributed by atoms with Crippen LogP contribution in [0.1, 0.15) is 18.1 Å². The summed E-state index contributed by atoms with van der Waals surface area (Å²) in [6.07, 6.45) is 3.47. The molecule has 18 heavy (non-hydrogen) atoms. The SMILES string of the molecule is CCNCc1ccc(Sc2ncc[nH]2)c(C#N)c1. The first kappa shape index (κ1) is 12.7. The maximum Gasteiger partial charge on any atom is 0.170 e. The summed E-state index contributed by atoms with van der Waals surface area (Å²) in [6.45, 7) is 3.77. The van der Waals surface area contributed by atoms with Gasteiger partial charge in [0.1, 0.15) is 6.07 Å². The van der Waals surface area contributed by atoms with Crippen molar-refractivity contribution in [2.75, 3.05) is 6.54 Å². The summed E-state index contributed by atoms with van der Waals surface area (Å²) in [6, 6.07) is 8.17. The van der Waals surface area contributed by atoms with Crippen LogP contribution >= 0.6 is 11.8 Å². The molecule has 0 aliphatic heterocycles. The molecule has 1 heterocycles. The monoisotopic (exact) mass is 258 g/mol. The van der Waals surface area contributed by atoms with Gasteiger partial charge in [0.2, 0.25) is 0 Å². The lowest BCUT2D eigenvalue weighted by Gasteiger charge is -2.06. The molecule has 0 amide bonds.